The standard InChI is InChI=1S/C12H16FN5S/c1-2-19-7-3-6-14-12-8-10(4-5-11(12)13)18-9-15-16-17-18/h4-5,8-9,14H,2-3,6-7H2,1H3. The van der Waals surface area contributed by atoms with Gasteiger partial charge in [0.05, 0.1) is 11.4 Å². The van der Waals surface area contributed by atoms with Crippen LogP contribution in [-0.2, 0) is 0 Å². The minimum Gasteiger partial charge on any atom is -0.383 e. The summed E-state index contributed by atoms with van der Waals surface area (Å²) in [6.45, 7) is 2.89. The fourth-order valence-corrected chi connectivity index (χ4v) is 2.25. The molecule has 2 rings (SSSR count). The van der Waals surface area contributed by atoms with Crippen molar-refractivity contribution in [1.29, 1.82) is 0 Å². The quantitative estimate of drug-likeness (QED) is 0.790. The summed E-state index contributed by atoms with van der Waals surface area (Å²) >= 11 is 1.88. The van der Waals surface area contributed by atoms with Crippen molar-refractivity contribution < 1.29 is 4.39 Å². The van der Waals surface area contributed by atoms with Crippen molar-refractivity contribution in [2.45, 2.75) is 13.3 Å². The normalized spacial score (nSPS) is 10.6. The van der Waals surface area contributed by atoms with Crippen LogP contribution in [-0.4, -0.2) is 38.3 Å². The number of benzene rings is 1. The first-order chi connectivity index (χ1) is 9.31. The number of anilines is 1. The highest BCUT2D eigenvalue weighted by molar-refractivity contribution is 7.99. The highest BCUT2D eigenvalue weighted by atomic mass is 32.2. The lowest BCUT2D eigenvalue weighted by Crippen LogP contribution is -2.06. The van der Waals surface area contributed by atoms with Gasteiger partial charge in [-0.2, -0.15) is 11.8 Å². The fourth-order valence-electron chi connectivity index (χ4n) is 1.61. The van der Waals surface area contributed by atoms with Crippen LogP contribution < -0.4 is 5.32 Å². The van der Waals surface area contributed by atoms with Gasteiger partial charge in [-0.25, -0.2) is 9.07 Å². The molecule has 7 heteroatoms. The molecule has 0 radical (unpaired) electrons. The van der Waals surface area contributed by atoms with Gasteiger partial charge in [-0.3, -0.25) is 0 Å². The Balaban J connectivity index is 1.98. The van der Waals surface area contributed by atoms with Gasteiger partial charge in [-0.05, 0) is 46.6 Å². The van der Waals surface area contributed by atoms with Crippen LogP contribution in [0.25, 0.3) is 5.69 Å². The third-order valence-corrected chi connectivity index (χ3v) is 3.53. The molecule has 0 saturated carbocycles. The molecule has 0 saturated heterocycles. The van der Waals surface area contributed by atoms with Crippen molar-refractivity contribution in [2.24, 2.45) is 0 Å². The maximum atomic E-state index is 13.7. The van der Waals surface area contributed by atoms with Crippen LogP contribution in [0.2, 0.25) is 0 Å². The van der Waals surface area contributed by atoms with Crippen molar-refractivity contribution in [2.75, 3.05) is 23.4 Å². The van der Waals surface area contributed by atoms with Gasteiger partial charge in [0.1, 0.15) is 12.1 Å². The molecule has 0 spiro atoms. The Morgan fingerprint density at radius 2 is 2.32 bits per heavy atom. The number of thioether (sulfide) groups is 1. The molecular formula is C12H16FN5S. The largest absolute Gasteiger partial charge is 0.383 e. The second kappa shape index (κ2) is 7.08. The molecule has 1 heterocycles. The Morgan fingerprint density at radius 3 is 3.05 bits per heavy atom. The summed E-state index contributed by atoms with van der Waals surface area (Å²) < 4.78 is 15.2. The maximum Gasteiger partial charge on any atom is 0.146 e. The number of hydrogen-bond acceptors (Lipinski definition) is 5. The Labute approximate surface area is 115 Å². The van der Waals surface area contributed by atoms with E-state index in [2.05, 4.69) is 27.8 Å². The first-order valence-electron chi connectivity index (χ1n) is 6.16. The smallest absolute Gasteiger partial charge is 0.146 e. The molecule has 5 nitrogen and oxygen atoms in total. The average molecular weight is 281 g/mol. The van der Waals surface area contributed by atoms with Crippen LogP contribution in [0.5, 0.6) is 0 Å². The average Bonchev–Trinajstić information content (AvgIpc) is 2.94. The van der Waals surface area contributed by atoms with Crippen LogP contribution in [0.4, 0.5) is 10.1 Å². The highest BCUT2D eigenvalue weighted by Gasteiger charge is 2.05. The molecule has 0 aliphatic heterocycles. The Bertz CT molecular complexity index is 503. The monoisotopic (exact) mass is 281 g/mol. The van der Waals surface area contributed by atoms with Crippen LogP contribution in [0.1, 0.15) is 13.3 Å². The van der Waals surface area contributed by atoms with Gasteiger partial charge < -0.3 is 5.32 Å². The lowest BCUT2D eigenvalue weighted by molar-refractivity contribution is 0.629. The number of nitrogens with one attached hydrogen (secondary N) is 1. The molecule has 102 valence electrons. The van der Waals surface area contributed by atoms with Crippen molar-refractivity contribution in [1.82, 2.24) is 20.2 Å². The molecule has 0 unspecified atom stereocenters. The number of halogens is 1. The van der Waals surface area contributed by atoms with Gasteiger partial charge in [-0.1, -0.05) is 6.92 Å². The number of hydrogen-bond donors (Lipinski definition) is 1. The predicted octanol–water partition coefficient (Wildman–Crippen LogP) is 2.36. The predicted molar refractivity (Wildman–Crippen MR) is 75.2 cm³/mol. The van der Waals surface area contributed by atoms with Crippen molar-refractivity contribution >= 4 is 17.4 Å². The third kappa shape index (κ3) is 3.92. The molecule has 0 atom stereocenters. The SMILES string of the molecule is CCSCCCNc1cc(-n2cnnn2)ccc1F. The summed E-state index contributed by atoms with van der Waals surface area (Å²) in [5.41, 5.74) is 1.21. The van der Waals surface area contributed by atoms with E-state index >= 15 is 0 Å². The van der Waals surface area contributed by atoms with E-state index in [0.717, 1.165) is 30.2 Å². The van der Waals surface area contributed by atoms with Crippen molar-refractivity contribution in [3.63, 3.8) is 0 Å². The Kier molecular flexibility index (Phi) is 5.14. The third-order valence-electron chi connectivity index (χ3n) is 2.55. The molecule has 0 aliphatic rings. The minimum absolute atomic E-state index is 0.264. The number of aromatic nitrogens is 4. The minimum atomic E-state index is -0.264. The Hall–Kier alpha value is -1.63. The molecule has 1 aromatic carbocycles. The second-order valence-electron chi connectivity index (χ2n) is 3.90. The lowest BCUT2D eigenvalue weighted by atomic mass is 10.2. The number of rotatable bonds is 7. The molecule has 1 aromatic heterocycles. The molecule has 1 N–H and O–H groups in total. The molecule has 2 aromatic rings. The van der Waals surface area contributed by atoms with Gasteiger partial charge in [-0.15, -0.1) is 5.10 Å². The van der Waals surface area contributed by atoms with E-state index in [9.17, 15) is 4.39 Å². The highest BCUT2D eigenvalue weighted by Crippen LogP contribution is 2.18. The van der Waals surface area contributed by atoms with Crippen LogP contribution >= 0.6 is 11.8 Å². The second-order valence-corrected chi connectivity index (χ2v) is 5.29. The molecule has 19 heavy (non-hydrogen) atoms. The topological polar surface area (TPSA) is 55.6 Å². The molecular weight excluding hydrogens is 265 g/mol. The molecule has 0 aliphatic carbocycles. The molecule has 0 fully saturated rings. The first kappa shape index (κ1) is 13.8. The van der Waals surface area contributed by atoms with E-state index < -0.39 is 0 Å². The van der Waals surface area contributed by atoms with E-state index in [-0.39, 0.29) is 5.82 Å². The molecule has 0 amide bonds. The Morgan fingerprint density at radius 1 is 1.42 bits per heavy atom. The summed E-state index contributed by atoms with van der Waals surface area (Å²) in [5, 5.41) is 14.0. The van der Waals surface area contributed by atoms with Crippen LogP contribution in [0, 0.1) is 5.82 Å². The number of nitrogens with zero attached hydrogens (tertiary/aromatic N) is 4. The van der Waals surface area contributed by atoms with Gasteiger partial charge in [0.15, 0.2) is 0 Å². The summed E-state index contributed by atoms with van der Waals surface area (Å²) in [5.74, 6) is 1.93. The summed E-state index contributed by atoms with van der Waals surface area (Å²) in [6.07, 6.45) is 2.49. The van der Waals surface area contributed by atoms with Gasteiger partial charge in [0.25, 0.3) is 0 Å². The van der Waals surface area contributed by atoms with E-state index in [1.165, 1.54) is 17.1 Å². The number of tetrazole rings is 1. The first-order valence-corrected chi connectivity index (χ1v) is 7.31. The zero-order valence-corrected chi connectivity index (χ0v) is 11.5. The van der Waals surface area contributed by atoms with Gasteiger partial charge >= 0.3 is 0 Å². The van der Waals surface area contributed by atoms with Gasteiger partial charge in [0, 0.05) is 6.54 Å². The maximum absolute atomic E-state index is 13.7. The zero-order valence-electron chi connectivity index (χ0n) is 10.7. The van der Waals surface area contributed by atoms with Crippen molar-refractivity contribution in [3.05, 3.63) is 30.3 Å². The van der Waals surface area contributed by atoms with Crippen molar-refractivity contribution in [3.8, 4) is 5.69 Å². The van der Waals surface area contributed by atoms with Crippen LogP contribution in [0.15, 0.2) is 24.5 Å². The lowest BCUT2D eigenvalue weighted by Gasteiger charge is -2.09. The van der Waals surface area contributed by atoms with E-state index in [1.807, 2.05) is 11.8 Å². The summed E-state index contributed by atoms with van der Waals surface area (Å²) in [6, 6.07) is 4.77. The van der Waals surface area contributed by atoms with E-state index in [1.54, 1.807) is 12.1 Å². The van der Waals surface area contributed by atoms with E-state index in [0.29, 0.717) is 5.69 Å². The summed E-state index contributed by atoms with van der Waals surface area (Å²) in [7, 11) is 0. The van der Waals surface area contributed by atoms with Gasteiger partial charge in [0.2, 0.25) is 0 Å². The van der Waals surface area contributed by atoms with E-state index in [4.69, 9.17) is 0 Å². The van der Waals surface area contributed by atoms with Crippen LogP contribution in [0.3, 0.4) is 0 Å². The zero-order chi connectivity index (χ0) is 13.5. The fraction of sp³-hybridized carbons (Fsp3) is 0.417. The molecule has 0 bridgehead atoms. The summed E-state index contributed by atoms with van der Waals surface area (Å²) in [4.78, 5) is 0.